The zero-order valence-electron chi connectivity index (χ0n) is 14.5. The van der Waals surface area contributed by atoms with Crippen LogP contribution in [0.5, 0.6) is 11.5 Å². The summed E-state index contributed by atoms with van der Waals surface area (Å²) in [6.07, 6.45) is 1.32. The van der Waals surface area contributed by atoms with Gasteiger partial charge in [-0.05, 0) is 25.3 Å². The van der Waals surface area contributed by atoms with Crippen LogP contribution in [-0.4, -0.2) is 28.7 Å². The van der Waals surface area contributed by atoms with Crippen molar-refractivity contribution in [1.29, 1.82) is 0 Å². The number of hydrogen-bond acceptors (Lipinski definition) is 4. The van der Waals surface area contributed by atoms with Gasteiger partial charge in [0.15, 0.2) is 11.5 Å². The number of halogens is 1. The molecule has 0 saturated heterocycles. The highest BCUT2D eigenvalue weighted by Crippen LogP contribution is 2.31. The maximum Gasteiger partial charge on any atom is 0.243 e. The van der Waals surface area contributed by atoms with Crippen LogP contribution in [0.4, 0.5) is 4.39 Å². The molecule has 0 amide bonds. The second-order valence-corrected chi connectivity index (χ2v) is 7.37. The molecule has 0 fully saturated rings. The molecule has 2 rings (SSSR count). The van der Waals surface area contributed by atoms with Crippen LogP contribution in [0.15, 0.2) is 47.4 Å². The minimum absolute atomic E-state index is 0.135. The fraction of sp³-hybridized carbons (Fsp3) is 0.333. The van der Waals surface area contributed by atoms with Crippen molar-refractivity contribution in [2.24, 2.45) is 0 Å². The van der Waals surface area contributed by atoms with E-state index in [0.717, 1.165) is 24.1 Å². The van der Waals surface area contributed by atoms with Crippen LogP contribution < -0.4 is 14.2 Å². The summed E-state index contributed by atoms with van der Waals surface area (Å²) in [5.41, 5.74) is 1.12. The highest BCUT2D eigenvalue weighted by Gasteiger charge is 2.24. The van der Waals surface area contributed by atoms with Crippen molar-refractivity contribution in [2.45, 2.75) is 30.7 Å². The van der Waals surface area contributed by atoms with Gasteiger partial charge in [0.25, 0.3) is 0 Å². The van der Waals surface area contributed by atoms with Gasteiger partial charge in [-0.2, -0.15) is 0 Å². The minimum atomic E-state index is -4.01. The van der Waals surface area contributed by atoms with Gasteiger partial charge >= 0.3 is 0 Å². The Morgan fingerprint density at radius 2 is 1.68 bits per heavy atom. The van der Waals surface area contributed by atoms with Crippen LogP contribution in [0.3, 0.4) is 0 Å². The third kappa shape index (κ3) is 4.93. The first-order chi connectivity index (χ1) is 11.9. The number of aryl methyl sites for hydroxylation is 1. The maximum absolute atomic E-state index is 14.2. The molecule has 0 aliphatic rings. The Kier molecular flexibility index (Phi) is 6.39. The Morgan fingerprint density at radius 1 is 1.08 bits per heavy atom. The molecule has 5 nitrogen and oxygen atoms in total. The van der Waals surface area contributed by atoms with E-state index in [4.69, 9.17) is 9.47 Å². The third-order valence-electron chi connectivity index (χ3n) is 3.79. The van der Waals surface area contributed by atoms with Crippen molar-refractivity contribution in [3.05, 3.63) is 53.8 Å². The Morgan fingerprint density at radius 3 is 2.28 bits per heavy atom. The number of benzene rings is 2. The van der Waals surface area contributed by atoms with Crippen molar-refractivity contribution in [1.82, 2.24) is 4.72 Å². The number of ether oxygens (including phenoxy) is 2. The number of methoxy groups -OCH3 is 2. The van der Waals surface area contributed by atoms with Gasteiger partial charge in [0.05, 0.1) is 14.2 Å². The molecule has 0 saturated carbocycles. The number of nitrogens with one attached hydrogen (secondary N) is 1. The molecule has 2 aromatic rings. The zero-order valence-corrected chi connectivity index (χ0v) is 15.3. The molecule has 1 N–H and O–H groups in total. The Balaban J connectivity index is 2.13. The van der Waals surface area contributed by atoms with Crippen LogP contribution in [0.1, 0.15) is 18.9 Å². The summed E-state index contributed by atoms with van der Waals surface area (Å²) in [6.45, 7) is 1.75. The smallest absolute Gasteiger partial charge is 0.243 e. The highest BCUT2D eigenvalue weighted by molar-refractivity contribution is 7.89. The van der Waals surface area contributed by atoms with Crippen molar-refractivity contribution < 1.29 is 22.3 Å². The molecule has 0 bridgehead atoms. The quantitative estimate of drug-likeness (QED) is 0.778. The molecule has 25 heavy (non-hydrogen) atoms. The van der Waals surface area contributed by atoms with Crippen molar-refractivity contribution in [3.8, 4) is 11.5 Å². The van der Waals surface area contributed by atoms with Crippen molar-refractivity contribution in [2.75, 3.05) is 14.2 Å². The highest BCUT2D eigenvalue weighted by atomic mass is 32.2. The monoisotopic (exact) mass is 367 g/mol. The normalized spacial score (nSPS) is 12.6. The van der Waals surface area contributed by atoms with Gasteiger partial charge in [-0.3, -0.25) is 0 Å². The minimum Gasteiger partial charge on any atom is -0.493 e. The van der Waals surface area contributed by atoms with Gasteiger partial charge in [0.2, 0.25) is 10.0 Å². The van der Waals surface area contributed by atoms with Crippen molar-refractivity contribution in [3.63, 3.8) is 0 Å². The zero-order chi connectivity index (χ0) is 18.4. The first-order valence-corrected chi connectivity index (χ1v) is 9.33. The van der Waals surface area contributed by atoms with E-state index in [9.17, 15) is 12.8 Å². The van der Waals surface area contributed by atoms with E-state index in [2.05, 4.69) is 4.72 Å². The fourth-order valence-corrected chi connectivity index (χ4v) is 3.81. The summed E-state index contributed by atoms with van der Waals surface area (Å²) >= 11 is 0. The molecule has 7 heteroatoms. The molecule has 2 aromatic carbocycles. The summed E-state index contributed by atoms with van der Waals surface area (Å²) in [6, 6.07) is 11.5. The Bertz CT molecular complexity index is 809. The van der Waals surface area contributed by atoms with E-state index in [0.29, 0.717) is 6.42 Å². The van der Waals surface area contributed by atoms with Crippen LogP contribution in [0.2, 0.25) is 0 Å². The molecule has 1 unspecified atom stereocenters. The number of hydrogen-bond donors (Lipinski definition) is 1. The van der Waals surface area contributed by atoms with E-state index in [1.54, 1.807) is 6.92 Å². The van der Waals surface area contributed by atoms with Crippen LogP contribution in [-0.2, 0) is 16.4 Å². The fourth-order valence-electron chi connectivity index (χ4n) is 2.46. The van der Waals surface area contributed by atoms with E-state index >= 15 is 0 Å². The van der Waals surface area contributed by atoms with Gasteiger partial charge in [-0.25, -0.2) is 17.5 Å². The molecule has 0 radical (unpaired) electrons. The average Bonchev–Trinajstić information content (AvgIpc) is 2.60. The average molecular weight is 367 g/mol. The molecule has 136 valence electrons. The standard InChI is InChI=1S/C18H22FNO4S/c1-13(9-10-14-7-5-4-6-8-14)20-25(21,22)18-12-17(24-3)16(23-2)11-15(18)19/h4-8,11-13,20H,9-10H2,1-3H3. The molecule has 1 atom stereocenters. The summed E-state index contributed by atoms with van der Waals surface area (Å²) in [7, 11) is -1.29. The van der Waals surface area contributed by atoms with Gasteiger partial charge in [-0.1, -0.05) is 30.3 Å². The number of sulfonamides is 1. The lowest BCUT2D eigenvalue weighted by atomic mass is 10.1. The summed E-state index contributed by atoms with van der Waals surface area (Å²) in [5.74, 6) is -0.599. The van der Waals surface area contributed by atoms with Gasteiger partial charge in [0.1, 0.15) is 10.7 Å². The van der Waals surface area contributed by atoms with E-state index in [1.807, 2.05) is 30.3 Å². The maximum atomic E-state index is 14.2. The van der Waals surface area contributed by atoms with E-state index in [1.165, 1.54) is 14.2 Å². The van der Waals surface area contributed by atoms with Gasteiger partial charge in [0, 0.05) is 18.2 Å². The third-order valence-corrected chi connectivity index (χ3v) is 5.40. The summed E-state index contributed by atoms with van der Waals surface area (Å²) in [5, 5.41) is 0. The molecule has 0 aliphatic carbocycles. The SMILES string of the molecule is COc1cc(F)c(S(=O)(=O)NC(C)CCc2ccccc2)cc1OC. The van der Waals surface area contributed by atoms with Crippen LogP contribution in [0.25, 0.3) is 0 Å². The molecule has 0 aliphatic heterocycles. The summed E-state index contributed by atoms with van der Waals surface area (Å²) in [4.78, 5) is -0.461. The second-order valence-electron chi connectivity index (χ2n) is 5.68. The van der Waals surface area contributed by atoms with Crippen LogP contribution >= 0.6 is 0 Å². The molecule has 0 aromatic heterocycles. The van der Waals surface area contributed by atoms with Crippen LogP contribution in [0, 0.1) is 5.82 Å². The lowest BCUT2D eigenvalue weighted by Crippen LogP contribution is -2.33. The first-order valence-electron chi connectivity index (χ1n) is 7.85. The molecular weight excluding hydrogens is 345 g/mol. The Labute approximate surface area is 147 Å². The lowest BCUT2D eigenvalue weighted by Gasteiger charge is -2.16. The van der Waals surface area contributed by atoms with Crippen molar-refractivity contribution >= 4 is 10.0 Å². The largest absolute Gasteiger partial charge is 0.493 e. The predicted molar refractivity (Wildman–Crippen MR) is 94.1 cm³/mol. The molecular formula is C18H22FNO4S. The first kappa shape index (κ1) is 19.2. The molecule has 0 spiro atoms. The molecule has 0 heterocycles. The van der Waals surface area contributed by atoms with Gasteiger partial charge < -0.3 is 9.47 Å². The van der Waals surface area contributed by atoms with E-state index < -0.39 is 20.7 Å². The number of rotatable bonds is 8. The topological polar surface area (TPSA) is 64.6 Å². The lowest BCUT2D eigenvalue weighted by molar-refractivity contribution is 0.350. The summed E-state index contributed by atoms with van der Waals surface area (Å²) < 4.78 is 51.7. The van der Waals surface area contributed by atoms with E-state index in [-0.39, 0.29) is 17.5 Å². The second kappa shape index (κ2) is 8.31. The van der Waals surface area contributed by atoms with Gasteiger partial charge in [-0.15, -0.1) is 0 Å². The predicted octanol–water partition coefficient (Wildman–Crippen LogP) is 3.14. The Hall–Kier alpha value is -2.12.